The molecule has 2 heterocycles. The van der Waals surface area contributed by atoms with Crippen LogP contribution in [0.2, 0.25) is 0 Å². The first-order valence-electron chi connectivity index (χ1n) is 6.87. The first-order valence-corrected chi connectivity index (χ1v) is 6.87. The van der Waals surface area contributed by atoms with E-state index in [9.17, 15) is 5.11 Å². The Hall–Kier alpha value is -2.40. The topological polar surface area (TPSA) is 59.7 Å². The maximum Gasteiger partial charge on any atom is 0.119 e. The second-order valence-corrected chi connectivity index (χ2v) is 5.14. The van der Waals surface area contributed by atoms with E-state index in [0.717, 1.165) is 22.4 Å². The van der Waals surface area contributed by atoms with Crippen molar-refractivity contribution in [1.82, 2.24) is 14.6 Å². The highest BCUT2D eigenvalue weighted by Crippen LogP contribution is 2.26. The summed E-state index contributed by atoms with van der Waals surface area (Å²) in [5, 5.41) is 14.7. The zero-order chi connectivity index (χ0) is 14.8. The number of nitrogens with zero attached hydrogens (tertiary/aromatic N) is 3. The molecule has 1 unspecified atom stereocenters. The van der Waals surface area contributed by atoms with Crippen LogP contribution in [0, 0.1) is 0 Å². The molecule has 5 nitrogen and oxygen atoms in total. The van der Waals surface area contributed by atoms with E-state index in [0.29, 0.717) is 0 Å². The zero-order valence-corrected chi connectivity index (χ0v) is 12.0. The molecule has 5 heteroatoms. The average molecular weight is 283 g/mol. The van der Waals surface area contributed by atoms with Crippen LogP contribution in [0.25, 0.3) is 5.52 Å². The summed E-state index contributed by atoms with van der Waals surface area (Å²) in [6.07, 6.45) is 6.17. The van der Waals surface area contributed by atoms with E-state index < -0.39 is 6.10 Å². The maximum atomic E-state index is 10.5. The van der Waals surface area contributed by atoms with Gasteiger partial charge in [0.2, 0.25) is 0 Å². The van der Waals surface area contributed by atoms with E-state index in [-0.39, 0.29) is 6.10 Å². The van der Waals surface area contributed by atoms with Gasteiger partial charge in [-0.05, 0) is 31.5 Å². The van der Waals surface area contributed by atoms with Crippen LogP contribution in [0.15, 0.2) is 49.1 Å². The van der Waals surface area contributed by atoms with E-state index in [1.807, 2.05) is 38.1 Å². The average Bonchev–Trinajstić information content (AvgIpc) is 2.90. The van der Waals surface area contributed by atoms with E-state index in [1.54, 1.807) is 29.3 Å². The monoisotopic (exact) mass is 283 g/mol. The molecule has 0 aliphatic carbocycles. The molecule has 0 radical (unpaired) electrons. The van der Waals surface area contributed by atoms with Crippen LogP contribution >= 0.6 is 0 Å². The SMILES string of the molecule is CC(C)Oc1ccc(C(O)c2cnn3ccncc23)cc1. The van der Waals surface area contributed by atoms with Gasteiger partial charge < -0.3 is 9.84 Å². The Bertz CT molecular complexity index is 735. The van der Waals surface area contributed by atoms with Crippen molar-refractivity contribution in [2.75, 3.05) is 0 Å². The highest BCUT2D eigenvalue weighted by atomic mass is 16.5. The van der Waals surface area contributed by atoms with Crippen LogP contribution in [0.5, 0.6) is 5.75 Å². The summed E-state index contributed by atoms with van der Waals surface area (Å²) in [6, 6.07) is 7.45. The van der Waals surface area contributed by atoms with Crippen molar-refractivity contribution in [2.24, 2.45) is 0 Å². The third-order valence-electron chi connectivity index (χ3n) is 3.22. The number of fused-ring (bicyclic) bond motifs is 1. The molecule has 1 aromatic carbocycles. The molecular formula is C16H17N3O2. The van der Waals surface area contributed by atoms with Gasteiger partial charge in [0.15, 0.2) is 0 Å². The Morgan fingerprint density at radius 1 is 1.14 bits per heavy atom. The van der Waals surface area contributed by atoms with Crippen molar-refractivity contribution >= 4 is 5.52 Å². The number of hydrogen-bond donors (Lipinski definition) is 1. The van der Waals surface area contributed by atoms with Gasteiger partial charge in [-0.15, -0.1) is 0 Å². The predicted molar refractivity (Wildman–Crippen MR) is 79.3 cm³/mol. The number of aromatic nitrogens is 3. The summed E-state index contributed by atoms with van der Waals surface area (Å²) >= 11 is 0. The summed E-state index contributed by atoms with van der Waals surface area (Å²) in [7, 11) is 0. The third-order valence-corrected chi connectivity index (χ3v) is 3.22. The summed E-state index contributed by atoms with van der Waals surface area (Å²) in [6.45, 7) is 3.96. The van der Waals surface area contributed by atoms with Gasteiger partial charge in [0.05, 0.1) is 24.0 Å². The normalized spacial score (nSPS) is 12.8. The molecule has 0 aliphatic rings. The van der Waals surface area contributed by atoms with Crippen molar-refractivity contribution in [3.63, 3.8) is 0 Å². The molecule has 0 aliphatic heterocycles. The maximum absolute atomic E-state index is 10.5. The molecule has 21 heavy (non-hydrogen) atoms. The Labute approximate surface area is 122 Å². The minimum atomic E-state index is -0.736. The summed E-state index contributed by atoms with van der Waals surface area (Å²) in [4.78, 5) is 4.08. The Balaban J connectivity index is 1.89. The fourth-order valence-corrected chi connectivity index (χ4v) is 2.24. The number of aliphatic hydroxyl groups is 1. The minimum Gasteiger partial charge on any atom is -0.491 e. The molecule has 0 fully saturated rings. The highest BCUT2D eigenvalue weighted by molar-refractivity contribution is 5.55. The van der Waals surface area contributed by atoms with Crippen molar-refractivity contribution in [3.05, 3.63) is 60.2 Å². The molecule has 108 valence electrons. The molecule has 2 aromatic heterocycles. The van der Waals surface area contributed by atoms with Gasteiger partial charge in [-0.25, -0.2) is 4.52 Å². The quantitative estimate of drug-likeness (QED) is 0.799. The second-order valence-electron chi connectivity index (χ2n) is 5.14. The van der Waals surface area contributed by atoms with Gasteiger partial charge in [-0.1, -0.05) is 12.1 Å². The minimum absolute atomic E-state index is 0.131. The van der Waals surface area contributed by atoms with E-state index >= 15 is 0 Å². The van der Waals surface area contributed by atoms with Crippen LogP contribution < -0.4 is 4.74 Å². The van der Waals surface area contributed by atoms with Crippen LogP contribution in [-0.4, -0.2) is 25.8 Å². The molecule has 0 bridgehead atoms. The van der Waals surface area contributed by atoms with E-state index in [1.165, 1.54) is 0 Å². The number of hydrogen-bond acceptors (Lipinski definition) is 4. The standard InChI is InChI=1S/C16H17N3O2/c1-11(2)21-13-5-3-12(4-6-13)16(20)14-9-18-19-8-7-17-10-15(14)19/h3-11,16,20H,1-2H3. The van der Waals surface area contributed by atoms with Crippen LogP contribution in [0.3, 0.4) is 0 Å². The lowest BCUT2D eigenvalue weighted by Gasteiger charge is -2.13. The third kappa shape index (κ3) is 2.73. The fraction of sp³-hybridized carbons (Fsp3) is 0.250. The summed E-state index contributed by atoms with van der Waals surface area (Å²) in [5.41, 5.74) is 2.33. The zero-order valence-electron chi connectivity index (χ0n) is 12.0. The van der Waals surface area contributed by atoms with Crippen LogP contribution in [0.4, 0.5) is 0 Å². The number of rotatable bonds is 4. The lowest BCUT2D eigenvalue weighted by Crippen LogP contribution is -2.06. The van der Waals surface area contributed by atoms with Gasteiger partial charge in [0.25, 0.3) is 0 Å². The van der Waals surface area contributed by atoms with Crippen LogP contribution in [0.1, 0.15) is 31.1 Å². The van der Waals surface area contributed by atoms with Gasteiger partial charge >= 0.3 is 0 Å². The number of benzene rings is 1. The van der Waals surface area contributed by atoms with Gasteiger partial charge in [-0.3, -0.25) is 4.98 Å². The molecule has 0 spiro atoms. The molecular weight excluding hydrogens is 266 g/mol. The summed E-state index contributed by atoms with van der Waals surface area (Å²) in [5.74, 6) is 0.794. The molecule has 0 saturated heterocycles. The Morgan fingerprint density at radius 2 is 1.90 bits per heavy atom. The molecule has 0 saturated carbocycles. The molecule has 1 atom stereocenters. The first kappa shape index (κ1) is 13.6. The van der Waals surface area contributed by atoms with E-state index in [4.69, 9.17) is 4.74 Å². The van der Waals surface area contributed by atoms with Crippen molar-refractivity contribution in [3.8, 4) is 5.75 Å². The van der Waals surface area contributed by atoms with Gasteiger partial charge in [0.1, 0.15) is 11.9 Å². The second kappa shape index (κ2) is 5.54. The lowest BCUT2D eigenvalue weighted by molar-refractivity contribution is 0.221. The molecule has 1 N–H and O–H groups in total. The van der Waals surface area contributed by atoms with Crippen molar-refractivity contribution in [2.45, 2.75) is 26.1 Å². The van der Waals surface area contributed by atoms with E-state index in [2.05, 4.69) is 10.1 Å². The van der Waals surface area contributed by atoms with Gasteiger partial charge in [-0.2, -0.15) is 5.10 Å². The Morgan fingerprint density at radius 3 is 2.62 bits per heavy atom. The largest absolute Gasteiger partial charge is 0.491 e. The molecule has 3 rings (SSSR count). The number of aliphatic hydroxyl groups excluding tert-OH is 1. The number of ether oxygens (including phenoxy) is 1. The molecule has 0 amide bonds. The summed E-state index contributed by atoms with van der Waals surface area (Å²) < 4.78 is 7.30. The molecule has 3 aromatic rings. The fourth-order valence-electron chi connectivity index (χ4n) is 2.24. The Kier molecular flexibility index (Phi) is 3.58. The van der Waals surface area contributed by atoms with Crippen molar-refractivity contribution in [1.29, 1.82) is 0 Å². The highest BCUT2D eigenvalue weighted by Gasteiger charge is 2.15. The van der Waals surface area contributed by atoms with Crippen LogP contribution in [-0.2, 0) is 0 Å². The first-order chi connectivity index (χ1) is 10.1. The lowest BCUT2D eigenvalue weighted by atomic mass is 10.0. The smallest absolute Gasteiger partial charge is 0.119 e. The van der Waals surface area contributed by atoms with Gasteiger partial charge in [0, 0.05) is 18.0 Å². The predicted octanol–water partition coefficient (Wildman–Crippen LogP) is 2.60. The van der Waals surface area contributed by atoms with Crippen molar-refractivity contribution < 1.29 is 9.84 Å².